The van der Waals surface area contributed by atoms with Gasteiger partial charge in [0.05, 0.1) is 5.56 Å². The summed E-state index contributed by atoms with van der Waals surface area (Å²) in [5.41, 5.74) is 2.83. The molecular formula is C11H14BrClN2O. The molecule has 1 aromatic rings. The van der Waals surface area contributed by atoms with Crippen LogP contribution in [0.4, 0.5) is 0 Å². The fraction of sp³-hybridized carbons (Fsp3) is 0.364. The Balaban J connectivity index is 2.78. The SMILES string of the molecule is CC(C)(C)N(Cl)NC(=O)c1ccccc1Br. The molecule has 0 spiro atoms. The number of rotatable bonds is 2. The van der Waals surface area contributed by atoms with E-state index in [2.05, 4.69) is 21.4 Å². The van der Waals surface area contributed by atoms with Crippen LogP contribution in [0.25, 0.3) is 0 Å². The smallest absolute Gasteiger partial charge is 0.267 e. The molecule has 0 fully saturated rings. The van der Waals surface area contributed by atoms with Crippen LogP contribution in [0.3, 0.4) is 0 Å². The molecule has 0 aliphatic carbocycles. The van der Waals surface area contributed by atoms with Gasteiger partial charge in [0, 0.05) is 21.8 Å². The van der Waals surface area contributed by atoms with Crippen molar-refractivity contribution in [3.8, 4) is 0 Å². The minimum atomic E-state index is -0.335. The van der Waals surface area contributed by atoms with Crippen molar-refractivity contribution in [2.75, 3.05) is 0 Å². The Bertz CT molecular complexity index is 390. The molecule has 0 bridgehead atoms. The molecule has 0 aliphatic heterocycles. The van der Waals surface area contributed by atoms with Gasteiger partial charge in [0.1, 0.15) is 0 Å². The van der Waals surface area contributed by atoms with E-state index in [0.29, 0.717) is 5.56 Å². The number of carbonyl (C=O) groups is 1. The molecule has 1 amide bonds. The van der Waals surface area contributed by atoms with E-state index in [9.17, 15) is 4.79 Å². The third-order valence-corrected chi connectivity index (χ3v) is 3.19. The summed E-state index contributed by atoms with van der Waals surface area (Å²) in [4.78, 5) is 11.9. The zero-order valence-corrected chi connectivity index (χ0v) is 11.8. The second-order valence-electron chi connectivity index (χ2n) is 4.37. The van der Waals surface area contributed by atoms with Gasteiger partial charge in [-0.05, 0) is 48.8 Å². The molecule has 0 heterocycles. The molecule has 1 rings (SSSR count). The number of carbonyl (C=O) groups excluding carboxylic acids is 1. The Hall–Kier alpha value is -0.580. The van der Waals surface area contributed by atoms with Gasteiger partial charge < -0.3 is 0 Å². The van der Waals surface area contributed by atoms with Gasteiger partial charge >= 0.3 is 0 Å². The van der Waals surface area contributed by atoms with Crippen molar-refractivity contribution in [2.45, 2.75) is 26.3 Å². The molecule has 0 atom stereocenters. The van der Waals surface area contributed by atoms with Crippen molar-refractivity contribution >= 4 is 33.6 Å². The van der Waals surface area contributed by atoms with Crippen LogP contribution >= 0.6 is 27.7 Å². The molecule has 0 aliphatic rings. The number of hydrazine groups is 1. The van der Waals surface area contributed by atoms with Crippen LogP contribution in [0.2, 0.25) is 0 Å². The number of halogens is 2. The molecule has 0 aromatic heterocycles. The average molecular weight is 306 g/mol. The van der Waals surface area contributed by atoms with Crippen molar-refractivity contribution in [1.29, 1.82) is 0 Å². The number of nitrogens with one attached hydrogen (secondary N) is 1. The molecule has 5 heteroatoms. The lowest BCUT2D eigenvalue weighted by atomic mass is 10.1. The second-order valence-corrected chi connectivity index (χ2v) is 5.56. The molecule has 1 aromatic carbocycles. The molecule has 0 saturated carbocycles. The summed E-state index contributed by atoms with van der Waals surface area (Å²) >= 11 is 9.25. The minimum absolute atomic E-state index is 0.239. The largest absolute Gasteiger partial charge is 0.270 e. The third-order valence-electron chi connectivity index (χ3n) is 1.91. The molecule has 1 N–H and O–H groups in total. The summed E-state index contributed by atoms with van der Waals surface area (Å²) in [5, 5.41) is 0. The van der Waals surface area contributed by atoms with Gasteiger partial charge in [-0.1, -0.05) is 12.1 Å². The van der Waals surface area contributed by atoms with Crippen LogP contribution in [0, 0.1) is 0 Å². The van der Waals surface area contributed by atoms with E-state index >= 15 is 0 Å². The number of nitrogens with zero attached hydrogens (tertiary/aromatic N) is 1. The zero-order chi connectivity index (χ0) is 12.3. The van der Waals surface area contributed by atoms with Crippen molar-refractivity contribution in [3.63, 3.8) is 0 Å². The van der Waals surface area contributed by atoms with Gasteiger partial charge in [0.15, 0.2) is 0 Å². The van der Waals surface area contributed by atoms with Gasteiger partial charge in [0.2, 0.25) is 0 Å². The average Bonchev–Trinajstić information content (AvgIpc) is 2.16. The molecular weight excluding hydrogens is 291 g/mol. The van der Waals surface area contributed by atoms with Crippen LogP contribution in [0.5, 0.6) is 0 Å². The van der Waals surface area contributed by atoms with E-state index in [1.54, 1.807) is 12.1 Å². The van der Waals surface area contributed by atoms with Crippen LogP contribution in [-0.4, -0.2) is 16.0 Å². The summed E-state index contributed by atoms with van der Waals surface area (Å²) < 4.78 is 2.01. The van der Waals surface area contributed by atoms with Gasteiger partial charge in [-0.3, -0.25) is 10.2 Å². The van der Waals surface area contributed by atoms with Gasteiger partial charge in [-0.2, -0.15) is 0 Å². The fourth-order valence-corrected chi connectivity index (χ4v) is 1.50. The van der Waals surface area contributed by atoms with E-state index in [4.69, 9.17) is 11.8 Å². The topological polar surface area (TPSA) is 32.3 Å². The van der Waals surface area contributed by atoms with Crippen LogP contribution in [0.1, 0.15) is 31.1 Å². The summed E-state index contributed by atoms with van der Waals surface area (Å²) in [6.07, 6.45) is 0. The molecule has 0 saturated heterocycles. The first-order chi connectivity index (χ1) is 7.32. The Morgan fingerprint density at radius 3 is 2.44 bits per heavy atom. The molecule has 88 valence electrons. The molecule has 16 heavy (non-hydrogen) atoms. The monoisotopic (exact) mass is 304 g/mol. The second kappa shape index (κ2) is 5.17. The van der Waals surface area contributed by atoms with Gasteiger partial charge in [-0.25, -0.2) is 0 Å². The first-order valence-electron chi connectivity index (χ1n) is 4.84. The minimum Gasteiger partial charge on any atom is -0.270 e. The first-order valence-corrected chi connectivity index (χ1v) is 5.97. The summed E-state index contributed by atoms with van der Waals surface area (Å²) in [7, 11) is 0. The van der Waals surface area contributed by atoms with Gasteiger partial charge in [-0.15, -0.1) is 4.53 Å². The Kier molecular flexibility index (Phi) is 4.35. The Morgan fingerprint density at radius 1 is 1.38 bits per heavy atom. The van der Waals surface area contributed by atoms with Crippen molar-refractivity contribution in [2.24, 2.45) is 0 Å². The lowest BCUT2D eigenvalue weighted by molar-refractivity contribution is 0.0805. The van der Waals surface area contributed by atoms with E-state index in [1.807, 2.05) is 32.9 Å². The Labute approximate surface area is 109 Å². The zero-order valence-electron chi connectivity index (χ0n) is 9.42. The van der Waals surface area contributed by atoms with E-state index < -0.39 is 0 Å². The maximum Gasteiger partial charge on any atom is 0.267 e. The number of amides is 1. The predicted molar refractivity (Wildman–Crippen MR) is 69.1 cm³/mol. The standard InChI is InChI=1S/C11H14BrClN2O/c1-11(2,3)15(13)14-10(16)8-6-4-5-7-9(8)12/h4-7H,1-3H3,(H,14,16). The first kappa shape index (κ1) is 13.5. The number of benzene rings is 1. The highest BCUT2D eigenvalue weighted by Crippen LogP contribution is 2.18. The molecule has 3 nitrogen and oxygen atoms in total. The summed E-state index contributed by atoms with van der Waals surface area (Å²) in [5.74, 6) is -0.239. The predicted octanol–water partition coefficient (Wildman–Crippen LogP) is 3.35. The highest BCUT2D eigenvalue weighted by atomic mass is 79.9. The van der Waals surface area contributed by atoms with Crippen molar-refractivity contribution in [3.05, 3.63) is 34.3 Å². The van der Waals surface area contributed by atoms with Crippen molar-refractivity contribution in [1.82, 2.24) is 9.95 Å². The van der Waals surface area contributed by atoms with Crippen LogP contribution < -0.4 is 5.43 Å². The maximum absolute atomic E-state index is 11.9. The lowest BCUT2D eigenvalue weighted by Gasteiger charge is -2.28. The number of hydrogen-bond acceptors (Lipinski definition) is 2. The highest BCUT2D eigenvalue weighted by Gasteiger charge is 2.22. The number of hydrogen-bond donors (Lipinski definition) is 1. The van der Waals surface area contributed by atoms with E-state index in [0.717, 1.165) is 4.47 Å². The van der Waals surface area contributed by atoms with Gasteiger partial charge in [0.25, 0.3) is 5.91 Å². The molecule has 0 unspecified atom stereocenters. The van der Waals surface area contributed by atoms with E-state index in [-0.39, 0.29) is 11.4 Å². The summed E-state index contributed by atoms with van der Waals surface area (Å²) in [6, 6.07) is 7.19. The quantitative estimate of drug-likeness (QED) is 0.671. The summed E-state index contributed by atoms with van der Waals surface area (Å²) in [6.45, 7) is 5.71. The lowest BCUT2D eigenvalue weighted by Crippen LogP contribution is -2.46. The van der Waals surface area contributed by atoms with Crippen LogP contribution in [-0.2, 0) is 0 Å². The third kappa shape index (κ3) is 3.47. The van der Waals surface area contributed by atoms with Crippen molar-refractivity contribution < 1.29 is 4.79 Å². The normalized spacial score (nSPS) is 11.6. The van der Waals surface area contributed by atoms with Crippen LogP contribution in [0.15, 0.2) is 28.7 Å². The molecule has 0 radical (unpaired) electrons. The maximum atomic E-state index is 11.9. The Morgan fingerprint density at radius 2 is 1.94 bits per heavy atom. The fourth-order valence-electron chi connectivity index (χ4n) is 0.962. The highest BCUT2D eigenvalue weighted by molar-refractivity contribution is 9.10. The van der Waals surface area contributed by atoms with E-state index in [1.165, 1.54) is 4.53 Å².